The van der Waals surface area contributed by atoms with E-state index in [4.69, 9.17) is 5.11 Å². The molecule has 0 fully saturated rings. The van der Waals surface area contributed by atoms with E-state index >= 15 is 0 Å². The summed E-state index contributed by atoms with van der Waals surface area (Å²) in [4.78, 5) is 4.27. The maximum absolute atomic E-state index is 13.4. The van der Waals surface area contributed by atoms with Gasteiger partial charge in [0.05, 0.1) is 12.8 Å². The van der Waals surface area contributed by atoms with Crippen LogP contribution in [0.3, 0.4) is 0 Å². The molecule has 2 N–H and O–H groups in total. The second-order valence-electron chi connectivity index (χ2n) is 4.80. The van der Waals surface area contributed by atoms with E-state index in [2.05, 4.69) is 10.1 Å². The predicted octanol–water partition coefficient (Wildman–Crippen LogP) is 2.51. The van der Waals surface area contributed by atoms with Gasteiger partial charge in [-0.15, -0.1) is 0 Å². The van der Waals surface area contributed by atoms with Crippen LogP contribution in [0.5, 0.6) is 0 Å². The fraction of sp³-hybridized carbons (Fsp3) is 0.200. The SMILES string of the molecule is CN(CCO)c1ccc(/C=N/Nc2c(F)c(F)nc(F)c2F)cc1. The Morgan fingerprint density at radius 1 is 1.12 bits per heavy atom. The van der Waals surface area contributed by atoms with E-state index in [1.807, 2.05) is 10.3 Å². The van der Waals surface area contributed by atoms with Gasteiger partial charge in [-0.25, -0.2) is 0 Å². The standard InChI is InChI=1S/C15H14F4N4O/c1-23(6-7-24)10-4-2-9(3-5-10)8-20-22-13-11(16)14(18)21-15(19)12(13)17/h2-5,8,24H,6-7H2,1H3,(H,21,22)/b20-8+. The van der Waals surface area contributed by atoms with Crippen molar-refractivity contribution in [2.45, 2.75) is 0 Å². The molecule has 0 aliphatic heterocycles. The van der Waals surface area contributed by atoms with Gasteiger partial charge in [-0.05, 0) is 17.7 Å². The minimum atomic E-state index is -1.76. The molecule has 0 saturated heterocycles. The first-order chi connectivity index (χ1) is 11.4. The van der Waals surface area contributed by atoms with Gasteiger partial charge in [0.2, 0.25) is 11.6 Å². The van der Waals surface area contributed by atoms with E-state index in [1.54, 1.807) is 31.3 Å². The zero-order valence-corrected chi connectivity index (χ0v) is 12.6. The van der Waals surface area contributed by atoms with Crippen molar-refractivity contribution in [3.05, 3.63) is 53.4 Å². The summed E-state index contributed by atoms with van der Waals surface area (Å²) < 4.78 is 52.6. The molecule has 2 aromatic rings. The summed E-state index contributed by atoms with van der Waals surface area (Å²) in [7, 11) is 1.80. The third-order valence-electron chi connectivity index (χ3n) is 3.16. The molecule has 1 heterocycles. The lowest BCUT2D eigenvalue weighted by atomic mass is 10.2. The first-order valence-electron chi connectivity index (χ1n) is 6.85. The lowest BCUT2D eigenvalue weighted by Gasteiger charge is -2.17. The van der Waals surface area contributed by atoms with Crippen LogP contribution in [0.4, 0.5) is 28.9 Å². The molecule has 1 aromatic heterocycles. The number of nitrogens with one attached hydrogen (secondary N) is 1. The van der Waals surface area contributed by atoms with Crippen molar-refractivity contribution < 1.29 is 22.7 Å². The molecule has 0 radical (unpaired) electrons. The number of rotatable bonds is 6. The average Bonchev–Trinajstić information content (AvgIpc) is 2.57. The van der Waals surface area contributed by atoms with Crippen LogP contribution in [0.2, 0.25) is 0 Å². The lowest BCUT2D eigenvalue weighted by Crippen LogP contribution is -2.20. The fourth-order valence-electron chi connectivity index (χ4n) is 1.85. The largest absolute Gasteiger partial charge is 0.395 e. The number of anilines is 2. The van der Waals surface area contributed by atoms with Gasteiger partial charge in [-0.2, -0.15) is 27.6 Å². The van der Waals surface area contributed by atoms with Crippen LogP contribution in [0.15, 0.2) is 29.4 Å². The Balaban J connectivity index is 2.10. The van der Waals surface area contributed by atoms with Gasteiger partial charge in [-0.1, -0.05) is 12.1 Å². The topological polar surface area (TPSA) is 60.8 Å². The molecular formula is C15H14F4N4O. The number of likely N-dealkylation sites (N-methyl/N-ethyl adjacent to an activating group) is 1. The number of aliphatic hydroxyl groups excluding tert-OH is 1. The quantitative estimate of drug-likeness (QED) is 0.367. The first kappa shape index (κ1) is 17.7. The summed E-state index contributed by atoms with van der Waals surface area (Å²) in [5, 5.41) is 12.4. The van der Waals surface area contributed by atoms with Crippen molar-refractivity contribution >= 4 is 17.6 Å². The number of hydrogen-bond donors (Lipinski definition) is 2. The highest BCUT2D eigenvalue weighted by molar-refractivity contribution is 5.81. The molecule has 1 aromatic carbocycles. The van der Waals surface area contributed by atoms with E-state index in [9.17, 15) is 17.6 Å². The minimum Gasteiger partial charge on any atom is -0.395 e. The maximum Gasteiger partial charge on any atom is 0.254 e. The second kappa shape index (κ2) is 7.73. The Morgan fingerprint density at radius 2 is 1.71 bits per heavy atom. The summed E-state index contributed by atoms with van der Waals surface area (Å²) >= 11 is 0. The summed E-state index contributed by atoms with van der Waals surface area (Å²) in [6.07, 6.45) is 1.23. The van der Waals surface area contributed by atoms with Crippen molar-refractivity contribution in [2.24, 2.45) is 5.10 Å². The number of benzene rings is 1. The van der Waals surface area contributed by atoms with E-state index in [0.717, 1.165) is 5.69 Å². The predicted molar refractivity (Wildman–Crippen MR) is 82.1 cm³/mol. The van der Waals surface area contributed by atoms with E-state index in [-0.39, 0.29) is 6.61 Å². The van der Waals surface area contributed by atoms with Gasteiger partial charge < -0.3 is 10.0 Å². The average molecular weight is 342 g/mol. The highest BCUT2D eigenvalue weighted by Gasteiger charge is 2.20. The molecular weight excluding hydrogens is 328 g/mol. The lowest BCUT2D eigenvalue weighted by molar-refractivity contribution is 0.304. The van der Waals surface area contributed by atoms with Gasteiger partial charge in [0, 0.05) is 19.3 Å². The molecule has 5 nitrogen and oxygen atoms in total. The number of pyridine rings is 1. The summed E-state index contributed by atoms with van der Waals surface area (Å²) in [5.41, 5.74) is 2.30. The number of aromatic nitrogens is 1. The Morgan fingerprint density at radius 3 is 2.25 bits per heavy atom. The molecule has 0 amide bonds. The number of hydrogen-bond acceptors (Lipinski definition) is 5. The van der Waals surface area contributed by atoms with Gasteiger partial charge in [-0.3, -0.25) is 5.43 Å². The monoisotopic (exact) mass is 342 g/mol. The minimum absolute atomic E-state index is 0.0137. The molecule has 0 aliphatic rings. The number of nitrogens with zero attached hydrogens (tertiary/aromatic N) is 3. The summed E-state index contributed by atoms with van der Waals surface area (Å²) in [6.45, 7) is 0.479. The molecule has 0 atom stereocenters. The fourth-order valence-corrected chi connectivity index (χ4v) is 1.85. The highest BCUT2D eigenvalue weighted by atomic mass is 19.2. The van der Waals surface area contributed by atoms with Crippen molar-refractivity contribution in [1.29, 1.82) is 0 Å². The van der Waals surface area contributed by atoms with Crippen LogP contribution in [0, 0.1) is 23.5 Å². The molecule has 0 aliphatic carbocycles. The Kier molecular flexibility index (Phi) is 5.69. The Labute approximate surface area is 135 Å². The van der Waals surface area contributed by atoms with E-state index < -0.39 is 29.2 Å². The van der Waals surface area contributed by atoms with E-state index in [1.165, 1.54) is 6.21 Å². The summed E-state index contributed by atoms with van der Waals surface area (Å²) in [5.74, 6) is -6.84. The van der Waals surface area contributed by atoms with Crippen molar-refractivity contribution in [1.82, 2.24) is 4.98 Å². The molecule has 0 bridgehead atoms. The van der Waals surface area contributed by atoms with Crippen LogP contribution in [-0.2, 0) is 0 Å². The van der Waals surface area contributed by atoms with Gasteiger partial charge >= 0.3 is 0 Å². The number of aliphatic hydroxyl groups is 1. The molecule has 128 valence electrons. The van der Waals surface area contributed by atoms with Crippen molar-refractivity contribution in [3.63, 3.8) is 0 Å². The zero-order valence-electron chi connectivity index (χ0n) is 12.6. The molecule has 2 rings (SSSR count). The highest BCUT2D eigenvalue weighted by Crippen LogP contribution is 2.21. The second-order valence-corrected chi connectivity index (χ2v) is 4.80. The molecule has 24 heavy (non-hydrogen) atoms. The molecule has 0 spiro atoms. The normalized spacial score (nSPS) is 11.1. The van der Waals surface area contributed by atoms with Crippen LogP contribution >= 0.6 is 0 Å². The van der Waals surface area contributed by atoms with Gasteiger partial charge in [0.1, 0.15) is 5.69 Å². The molecule has 0 saturated carbocycles. The van der Waals surface area contributed by atoms with Crippen LogP contribution in [-0.4, -0.2) is 36.5 Å². The third kappa shape index (κ3) is 3.99. The Bertz CT molecular complexity index is 711. The van der Waals surface area contributed by atoms with Crippen LogP contribution in [0.25, 0.3) is 0 Å². The zero-order chi connectivity index (χ0) is 17.7. The molecule has 0 unspecified atom stereocenters. The van der Waals surface area contributed by atoms with Gasteiger partial charge in [0.15, 0.2) is 0 Å². The first-order valence-corrected chi connectivity index (χ1v) is 6.85. The maximum atomic E-state index is 13.4. The van der Waals surface area contributed by atoms with Crippen LogP contribution < -0.4 is 10.3 Å². The van der Waals surface area contributed by atoms with Crippen molar-refractivity contribution in [3.8, 4) is 0 Å². The third-order valence-corrected chi connectivity index (χ3v) is 3.16. The van der Waals surface area contributed by atoms with Crippen LogP contribution in [0.1, 0.15) is 5.56 Å². The smallest absolute Gasteiger partial charge is 0.254 e. The number of halogens is 4. The Hall–Kier alpha value is -2.68. The molecule has 9 heteroatoms. The number of hydrazone groups is 1. The van der Waals surface area contributed by atoms with Gasteiger partial charge in [0.25, 0.3) is 11.9 Å². The summed E-state index contributed by atoms with van der Waals surface area (Å²) in [6, 6.07) is 6.86. The van der Waals surface area contributed by atoms with E-state index in [0.29, 0.717) is 12.1 Å². The van der Waals surface area contributed by atoms with Crippen molar-refractivity contribution in [2.75, 3.05) is 30.5 Å².